The van der Waals surface area contributed by atoms with E-state index in [9.17, 15) is 4.79 Å². The van der Waals surface area contributed by atoms with Gasteiger partial charge in [-0.3, -0.25) is 13.9 Å². The molecule has 0 aliphatic carbocycles. The molecule has 0 aliphatic rings. The monoisotopic (exact) mass is 431 g/mol. The number of benzene rings is 2. The molecular formula is C24H22ClN5O. The highest BCUT2D eigenvalue weighted by atomic mass is 35.5. The summed E-state index contributed by atoms with van der Waals surface area (Å²) in [7, 11) is 0. The Hall–Kier alpha value is -3.25. The van der Waals surface area contributed by atoms with Gasteiger partial charge in [0.15, 0.2) is 11.3 Å². The van der Waals surface area contributed by atoms with Crippen LogP contribution >= 0.6 is 11.6 Å². The molecule has 0 saturated carbocycles. The van der Waals surface area contributed by atoms with Crippen LogP contribution in [0.4, 0.5) is 0 Å². The third-order valence-corrected chi connectivity index (χ3v) is 5.92. The Morgan fingerprint density at radius 2 is 1.68 bits per heavy atom. The van der Waals surface area contributed by atoms with Gasteiger partial charge in [0.05, 0.1) is 16.7 Å². The number of nitrogens with zero attached hydrogens (tertiary/aromatic N) is 5. The van der Waals surface area contributed by atoms with E-state index in [1.165, 1.54) is 0 Å². The highest BCUT2D eigenvalue weighted by molar-refractivity contribution is 6.31. The zero-order valence-corrected chi connectivity index (χ0v) is 18.6. The number of hydrogen-bond acceptors (Lipinski definition) is 4. The molecule has 3 aromatic heterocycles. The van der Waals surface area contributed by atoms with E-state index in [-0.39, 0.29) is 5.56 Å². The van der Waals surface area contributed by atoms with Gasteiger partial charge >= 0.3 is 0 Å². The maximum atomic E-state index is 13.6. The molecule has 0 saturated heterocycles. The van der Waals surface area contributed by atoms with Crippen molar-refractivity contribution in [1.82, 2.24) is 24.1 Å². The smallest absolute Gasteiger partial charge is 0.265 e. The Labute approximate surface area is 184 Å². The molecule has 3 heterocycles. The molecule has 0 fully saturated rings. The predicted molar refractivity (Wildman–Crippen MR) is 125 cm³/mol. The van der Waals surface area contributed by atoms with E-state index >= 15 is 0 Å². The van der Waals surface area contributed by atoms with E-state index in [2.05, 4.69) is 13.8 Å². The minimum absolute atomic E-state index is 0.0947. The maximum Gasteiger partial charge on any atom is 0.265 e. The first-order valence-corrected chi connectivity index (χ1v) is 10.7. The lowest BCUT2D eigenvalue weighted by atomic mass is 10.2. The summed E-state index contributed by atoms with van der Waals surface area (Å²) in [4.78, 5) is 28.2. The van der Waals surface area contributed by atoms with Crippen molar-refractivity contribution >= 4 is 44.8 Å². The standard InChI is InChI=1S/C24H22ClN5O/c1-13(2)12-29-15(4)26-22-20(24(29)31)21-23(28-19-8-6-5-7-18(19)27-21)30(22)16-10-9-14(3)17(25)11-16/h5-11,13H,12H2,1-4H3. The normalized spacial score (nSPS) is 11.9. The molecule has 156 valence electrons. The van der Waals surface area contributed by atoms with Crippen LogP contribution in [0.3, 0.4) is 0 Å². The second-order valence-electron chi connectivity index (χ2n) is 8.32. The van der Waals surface area contributed by atoms with Crippen molar-refractivity contribution < 1.29 is 0 Å². The summed E-state index contributed by atoms with van der Waals surface area (Å²) in [5, 5.41) is 1.13. The number of para-hydroxylation sites is 2. The Morgan fingerprint density at radius 3 is 2.35 bits per heavy atom. The molecule has 0 aliphatic heterocycles. The Kier molecular flexibility index (Phi) is 4.55. The summed E-state index contributed by atoms with van der Waals surface area (Å²) in [5.74, 6) is 0.977. The number of halogens is 1. The second kappa shape index (κ2) is 7.17. The van der Waals surface area contributed by atoms with Crippen LogP contribution in [0.5, 0.6) is 0 Å². The molecule has 5 aromatic rings. The number of aromatic nitrogens is 5. The van der Waals surface area contributed by atoms with Crippen molar-refractivity contribution in [1.29, 1.82) is 0 Å². The van der Waals surface area contributed by atoms with Gasteiger partial charge < -0.3 is 0 Å². The Morgan fingerprint density at radius 1 is 0.968 bits per heavy atom. The van der Waals surface area contributed by atoms with Crippen molar-refractivity contribution in [3.05, 3.63) is 69.2 Å². The van der Waals surface area contributed by atoms with Crippen molar-refractivity contribution in [3.8, 4) is 5.69 Å². The molecule has 5 rings (SSSR count). The summed E-state index contributed by atoms with van der Waals surface area (Å²) < 4.78 is 3.62. The van der Waals surface area contributed by atoms with E-state index in [1.807, 2.05) is 60.9 Å². The molecule has 0 unspecified atom stereocenters. The average molecular weight is 432 g/mol. The lowest BCUT2D eigenvalue weighted by Crippen LogP contribution is -2.26. The SMILES string of the molecule is Cc1ccc(-n2c3nc4ccccc4nc3c3c(=O)n(CC(C)C)c(C)nc32)cc1Cl. The highest BCUT2D eigenvalue weighted by Gasteiger charge is 2.22. The molecule has 0 N–H and O–H groups in total. The average Bonchev–Trinajstić information content (AvgIpc) is 3.04. The number of aryl methyl sites for hydroxylation is 2. The van der Waals surface area contributed by atoms with Gasteiger partial charge in [0, 0.05) is 11.6 Å². The van der Waals surface area contributed by atoms with Gasteiger partial charge in [0.2, 0.25) is 0 Å². The Balaban J connectivity index is 1.99. The van der Waals surface area contributed by atoms with Crippen LogP contribution < -0.4 is 5.56 Å². The zero-order chi connectivity index (χ0) is 21.9. The fraction of sp³-hybridized carbons (Fsp3) is 0.250. The van der Waals surface area contributed by atoms with Gasteiger partial charge in [-0.2, -0.15) is 0 Å². The van der Waals surface area contributed by atoms with E-state index < -0.39 is 0 Å². The molecule has 6 nitrogen and oxygen atoms in total. The maximum absolute atomic E-state index is 13.6. The fourth-order valence-electron chi connectivity index (χ4n) is 3.98. The first kappa shape index (κ1) is 19.7. The molecular weight excluding hydrogens is 410 g/mol. The topological polar surface area (TPSA) is 65.6 Å². The minimum atomic E-state index is -0.0947. The Bertz CT molecular complexity index is 1550. The van der Waals surface area contributed by atoms with Crippen LogP contribution in [0.25, 0.3) is 38.9 Å². The number of hydrogen-bond donors (Lipinski definition) is 0. The van der Waals surface area contributed by atoms with Gasteiger partial charge in [-0.1, -0.05) is 43.6 Å². The van der Waals surface area contributed by atoms with Crippen LogP contribution in [0.15, 0.2) is 47.3 Å². The van der Waals surface area contributed by atoms with E-state index in [0.29, 0.717) is 45.5 Å². The van der Waals surface area contributed by atoms with Crippen molar-refractivity contribution in [3.63, 3.8) is 0 Å². The van der Waals surface area contributed by atoms with E-state index in [1.54, 1.807) is 4.57 Å². The van der Waals surface area contributed by atoms with Crippen molar-refractivity contribution in [2.24, 2.45) is 5.92 Å². The lowest BCUT2D eigenvalue weighted by Gasteiger charge is -2.13. The van der Waals surface area contributed by atoms with Crippen LogP contribution in [0.2, 0.25) is 5.02 Å². The molecule has 2 aromatic carbocycles. The zero-order valence-electron chi connectivity index (χ0n) is 17.8. The van der Waals surface area contributed by atoms with E-state index in [4.69, 9.17) is 26.6 Å². The summed E-state index contributed by atoms with van der Waals surface area (Å²) in [6.45, 7) is 8.59. The summed E-state index contributed by atoms with van der Waals surface area (Å²) >= 11 is 6.44. The van der Waals surface area contributed by atoms with Crippen LogP contribution in [-0.2, 0) is 6.54 Å². The quantitative estimate of drug-likeness (QED) is 0.393. The summed E-state index contributed by atoms with van der Waals surface area (Å²) in [6.07, 6.45) is 0. The predicted octanol–water partition coefficient (Wildman–Crippen LogP) is 5.21. The molecule has 7 heteroatoms. The summed E-state index contributed by atoms with van der Waals surface area (Å²) in [6, 6.07) is 13.5. The summed E-state index contributed by atoms with van der Waals surface area (Å²) in [5.41, 5.74) is 4.89. The highest BCUT2D eigenvalue weighted by Crippen LogP contribution is 2.30. The van der Waals surface area contributed by atoms with Crippen molar-refractivity contribution in [2.75, 3.05) is 0 Å². The molecule has 0 amide bonds. The van der Waals surface area contributed by atoms with Crippen LogP contribution in [0, 0.1) is 19.8 Å². The first-order chi connectivity index (χ1) is 14.8. The van der Waals surface area contributed by atoms with Crippen LogP contribution in [-0.4, -0.2) is 24.1 Å². The molecule has 31 heavy (non-hydrogen) atoms. The third-order valence-electron chi connectivity index (χ3n) is 5.51. The van der Waals surface area contributed by atoms with E-state index in [0.717, 1.165) is 22.3 Å². The molecule has 0 bridgehead atoms. The number of rotatable bonds is 3. The molecule has 0 radical (unpaired) electrons. The van der Waals surface area contributed by atoms with Gasteiger partial charge in [0.1, 0.15) is 16.7 Å². The molecule has 0 atom stereocenters. The second-order valence-corrected chi connectivity index (χ2v) is 8.73. The first-order valence-electron chi connectivity index (χ1n) is 10.3. The van der Waals surface area contributed by atoms with Crippen LogP contribution in [0.1, 0.15) is 25.2 Å². The van der Waals surface area contributed by atoms with Gasteiger partial charge in [0.25, 0.3) is 5.56 Å². The lowest BCUT2D eigenvalue weighted by molar-refractivity contribution is 0.498. The largest absolute Gasteiger partial charge is 0.296 e. The number of fused-ring (bicyclic) bond motifs is 4. The molecule has 0 spiro atoms. The van der Waals surface area contributed by atoms with Gasteiger partial charge in [-0.05, 0) is 49.6 Å². The van der Waals surface area contributed by atoms with Gasteiger partial charge in [-0.25, -0.2) is 15.0 Å². The van der Waals surface area contributed by atoms with Gasteiger partial charge in [-0.15, -0.1) is 0 Å². The fourth-order valence-corrected chi connectivity index (χ4v) is 4.15. The minimum Gasteiger partial charge on any atom is -0.296 e. The third kappa shape index (κ3) is 3.10. The van der Waals surface area contributed by atoms with Crippen molar-refractivity contribution in [2.45, 2.75) is 34.2 Å².